The SMILES string of the molecule is CN(C)C(=O)c1cccc(-c2cc(C(F)(F)F)cc3[nH]ncc23)c1. The van der Waals surface area contributed by atoms with Crippen molar-refractivity contribution in [2.75, 3.05) is 14.1 Å². The molecule has 24 heavy (non-hydrogen) atoms. The van der Waals surface area contributed by atoms with E-state index in [4.69, 9.17) is 0 Å². The highest BCUT2D eigenvalue weighted by atomic mass is 19.4. The number of carbonyl (C=O) groups is 1. The fourth-order valence-electron chi connectivity index (χ4n) is 2.53. The van der Waals surface area contributed by atoms with Crippen LogP contribution in [-0.4, -0.2) is 35.1 Å². The predicted octanol–water partition coefficient (Wildman–Crippen LogP) is 3.95. The van der Waals surface area contributed by atoms with E-state index in [1.165, 1.54) is 11.1 Å². The van der Waals surface area contributed by atoms with Crippen molar-refractivity contribution in [1.29, 1.82) is 0 Å². The number of aromatic amines is 1. The first-order chi connectivity index (χ1) is 11.3. The van der Waals surface area contributed by atoms with Gasteiger partial charge in [0.15, 0.2) is 0 Å². The molecular weight excluding hydrogens is 319 g/mol. The number of fused-ring (bicyclic) bond motifs is 1. The number of aromatic nitrogens is 2. The Morgan fingerprint density at radius 2 is 1.92 bits per heavy atom. The maximum Gasteiger partial charge on any atom is 0.416 e. The van der Waals surface area contributed by atoms with Gasteiger partial charge in [-0.2, -0.15) is 18.3 Å². The summed E-state index contributed by atoms with van der Waals surface area (Å²) in [5.41, 5.74) is 0.844. The van der Waals surface area contributed by atoms with E-state index in [1.807, 2.05) is 0 Å². The number of nitrogens with one attached hydrogen (secondary N) is 1. The second-order valence-electron chi connectivity index (χ2n) is 5.63. The molecule has 0 aliphatic rings. The molecule has 7 heteroatoms. The molecule has 1 aromatic heterocycles. The molecule has 0 atom stereocenters. The Morgan fingerprint density at radius 1 is 1.17 bits per heavy atom. The molecule has 0 saturated heterocycles. The summed E-state index contributed by atoms with van der Waals surface area (Å²) in [5.74, 6) is -0.215. The van der Waals surface area contributed by atoms with Crippen LogP contribution < -0.4 is 0 Å². The zero-order chi connectivity index (χ0) is 17.5. The standard InChI is InChI=1S/C17H14F3N3O/c1-23(2)16(24)11-5-3-4-10(6-11)13-7-12(17(18,19)20)8-15-14(13)9-21-22-15/h3-9H,1-2H3,(H,21,22). The van der Waals surface area contributed by atoms with Crippen molar-refractivity contribution in [1.82, 2.24) is 15.1 Å². The van der Waals surface area contributed by atoms with Gasteiger partial charge in [0, 0.05) is 25.0 Å². The highest BCUT2D eigenvalue weighted by molar-refractivity contribution is 5.98. The summed E-state index contributed by atoms with van der Waals surface area (Å²) in [6.45, 7) is 0. The number of H-pyrrole nitrogens is 1. The number of nitrogens with zero attached hydrogens (tertiary/aromatic N) is 2. The van der Waals surface area contributed by atoms with Crippen LogP contribution in [-0.2, 0) is 6.18 Å². The van der Waals surface area contributed by atoms with Crippen LogP contribution in [0.5, 0.6) is 0 Å². The van der Waals surface area contributed by atoms with Crippen LogP contribution in [0.3, 0.4) is 0 Å². The second-order valence-corrected chi connectivity index (χ2v) is 5.63. The van der Waals surface area contributed by atoms with Gasteiger partial charge in [0.05, 0.1) is 17.3 Å². The Bertz CT molecular complexity index is 913. The average molecular weight is 333 g/mol. The van der Waals surface area contributed by atoms with Gasteiger partial charge in [-0.3, -0.25) is 9.89 Å². The zero-order valence-electron chi connectivity index (χ0n) is 13.0. The van der Waals surface area contributed by atoms with Crippen molar-refractivity contribution in [2.24, 2.45) is 0 Å². The molecular formula is C17H14F3N3O. The molecule has 1 amide bonds. The molecule has 124 valence electrons. The summed E-state index contributed by atoms with van der Waals surface area (Å²) < 4.78 is 39.4. The number of amides is 1. The Balaban J connectivity index is 2.21. The van der Waals surface area contributed by atoms with Crippen molar-refractivity contribution in [3.8, 4) is 11.1 Å². The molecule has 0 aliphatic heterocycles. The minimum absolute atomic E-state index is 0.215. The Hall–Kier alpha value is -2.83. The first-order valence-corrected chi connectivity index (χ1v) is 7.14. The molecule has 1 N–H and O–H groups in total. The van der Waals surface area contributed by atoms with Crippen LogP contribution in [0.25, 0.3) is 22.0 Å². The molecule has 0 spiro atoms. The van der Waals surface area contributed by atoms with Gasteiger partial charge in [-0.15, -0.1) is 0 Å². The number of carbonyl (C=O) groups excluding carboxylic acids is 1. The quantitative estimate of drug-likeness (QED) is 0.772. The lowest BCUT2D eigenvalue weighted by atomic mass is 9.97. The second kappa shape index (κ2) is 5.67. The molecule has 0 fully saturated rings. The van der Waals surface area contributed by atoms with Crippen molar-refractivity contribution >= 4 is 16.8 Å². The lowest BCUT2D eigenvalue weighted by molar-refractivity contribution is -0.137. The van der Waals surface area contributed by atoms with Crippen molar-refractivity contribution < 1.29 is 18.0 Å². The topological polar surface area (TPSA) is 49.0 Å². The summed E-state index contributed by atoms with van der Waals surface area (Å²) in [6.07, 6.45) is -2.99. The summed E-state index contributed by atoms with van der Waals surface area (Å²) in [7, 11) is 3.24. The van der Waals surface area contributed by atoms with E-state index in [0.717, 1.165) is 12.1 Å². The molecule has 0 radical (unpaired) electrons. The average Bonchev–Trinajstić information content (AvgIpc) is 3.00. The van der Waals surface area contributed by atoms with Crippen LogP contribution in [0.1, 0.15) is 15.9 Å². The number of hydrogen-bond acceptors (Lipinski definition) is 2. The third-order valence-electron chi connectivity index (χ3n) is 3.71. The molecule has 0 saturated carbocycles. The normalized spacial score (nSPS) is 11.7. The minimum atomic E-state index is -4.47. The van der Waals surface area contributed by atoms with Gasteiger partial charge in [0.25, 0.3) is 5.91 Å². The van der Waals surface area contributed by atoms with Gasteiger partial charge < -0.3 is 4.90 Å². The molecule has 0 bridgehead atoms. The van der Waals surface area contributed by atoms with Gasteiger partial charge in [-0.05, 0) is 35.4 Å². The van der Waals surface area contributed by atoms with Crippen LogP contribution in [0.4, 0.5) is 13.2 Å². The molecule has 0 unspecified atom stereocenters. The molecule has 1 heterocycles. The van der Waals surface area contributed by atoms with Crippen molar-refractivity contribution in [3.63, 3.8) is 0 Å². The van der Waals surface area contributed by atoms with E-state index in [0.29, 0.717) is 27.6 Å². The lowest BCUT2D eigenvalue weighted by Crippen LogP contribution is -2.21. The third kappa shape index (κ3) is 2.84. The monoisotopic (exact) mass is 333 g/mol. The van der Waals surface area contributed by atoms with E-state index >= 15 is 0 Å². The van der Waals surface area contributed by atoms with Crippen LogP contribution >= 0.6 is 0 Å². The van der Waals surface area contributed by atoms with Gasteiger partial charge in [0.2, 0.25) is 0 Å². The first-order valence-electron chi connectivity index (χ1n) is 7.14. The fraction of sp³-hybridized carbons (Fsp3) is 0.176. The number of benzene rings is 2. The molecule has 0 aliphatic carbocycles. The van der Waals surface area contributed by atoms with E-state index in [-0.39, 0.29) is 5.91 Å². The summed E-state index contributed by atoms with van der Waals surface area (Å²) in [5, 5.41) is 6.97. The van der Waals surface area contributed by atoms with Crippen LogP contribution in [0.2, 0.25) is 0 Å². The largest absolute Gasteiger partial charge is 0.416 e. The predicted molar refractivity (Wildman–Crippen MR) is 84.5 cm³/mol. The van der Waals surface area contributed by atoms with Crippen LogP contribution in [0, 0.1) is 0 Å². The van der Waals surface area contributed by atoms with Crippen LogP contribution in [0.15, 0.2) is 42.6 Å². The Labute approximate surface area is 135 Å². The van der Waals surface area contributed by atoms with Crippen molar-refractivity contribution in [2.45, 2.75) is 6.18 Å². The van der Waals surface area contributed by atoms with E-state index < -0.39 is 11.7 Å². The summed E-state index contributed by atoms with van der Waals surface area (Å²) in [6, 6.07) is 8.65. The number of rotatable bonds is 2. The number of hydrogen-bond donors (Lipinski definition) is 1. The minimum Gasteiger partial charge on any atom is -0.345 e. The Kier molecular flexibility index (Phi) is 3.79. The summed E-state index contributed by atoms with van der Waals surface area (Å²) >= 11 is 0. The number of alkyl halides is 3. The maximum absolute atomic E-state index is 13.1. The zero-order valence-corrected chi connectivity index (χ0v) is 13.0. The molecule has 2 aromatic carbocycles. The Morgan fingerprint density at radius 3 is 2.58 bits per heavy atom. The lowest BCUT2D eigenvalue weighted by Gasteiger charge is -2.13. The van der Waals surface area contributed by atoms with E-state index in [9.17, 15) is 18.0 Å². The summed E-state index contributed by atoms with van der Waals surface area (Å²) in [4.78, 5) is 13.5. The smallest absolute Gasteiger partial charge is 0.345 e. The maximum atomic E-state index is 13.1. The third-order valence-corrected chi connectivity index (χ3v) is 3.71. The molecule has 4 nitrogen and oxygen atoms in total. The highest BCUT2D eigenvalue weighted by Crippen LogP contribution is 2.36. The number of halogens is 3. The van der Waals surface area contributed by atoms with Gasteiger partial charge in [0.1, 0.15) is 0 Å². The van der Waals surface area contributed by atoms with E-state index in [1.54, 1.807) is 38.4 Å². The molecule has 3 rings (SSSR count). The van der Waals surface area contributed by atoms with E-state index in [2.05, 4.69) is 10.2 Å². The van der Waals surface area contributed by atoms with Gasteiger partial charge in [-0.25, -0.2) is 0 Å². The highest BCUT2D eigenvalue weighted by Gasteiger charge is 2.31. The fourth-order valence-corrected chi connectivity index (χ4v) is 2.53. The van der Waals surface area contributed by atoms with Gasteiger partial charge in [-0.1, -0.05) is 12.1 Å². The molecule has 3 aromatic rings. The first kappa shape index (κ1) is 16.0. The van der Waals surface area contributed by atoms with Gasteiger partial charge >= 0.3 is 6.18 Å². The van der Waals surface area contributed by atoms with Crippen molar-refractivity contribution in [3.05, 3.63) is 53.7 Å².